The summed E-state index contributed by atoms with van der Waals surface area (Å²) in [5, 5.41) is 5.65. The van der Waals surface area contributed by atoms with E-state index < -0.39 is 0 Å². The van der Waals surface area contributed by atoms with Gasteiger partial charge in [0.2, 0.25) is 0 Å². The van der Waals surface area contributed by atoms with Crippen molar-refractivity contribution < 1.29 is 4.74 Å². The molecule has 1 aromatic heterocycles. The molecule has 3 heteroatoms. The highest BCUT2D eigenvalue weighted by Gasteiger charge is 2.21. The lowest BCUT2D eigenvalue weighted by molar-refractivity contribution is 0.189. The van der Waals surface area contributed by atoms with Crippen molar-refractivity contribution in [2.75, 3.05) is 26.8 Å². The third-order valence-electron chi connectivity index (χ3n) is 3.44. The van der Waals surface area contributed by atoms with Gasteiger partial charge in [-0.25, -0.2) is 0 Å². The summed E-state index contributed by atoms with van der Waals surface area (Å²) in [5.41, 5.74) is 0.401. The molecule has 0 aliphatic carbocycles. The summed E-state index contributed by atoms with van der Waals surface area (Å²) in [7, 11) is 1.75. The van der Waals surface area contributed by atoms with Crippen LogP contribution in [0, 0.1) is 5.41 Å². The molecule has 0 bridgehead atoms. The second kappa shape index (κ2) is 7.85. The molecule has 0 saturated carbocycles. The Morgan fingerprint density at radius 3 is 2.88 bits per heavy atom. The molecule has 0 aliphatic rings. The van der Waals surface area contributed by atoms with E-state index in [9.17, 15) is 0 Å². The molecule has 98 valence electrons. The summed E-state index contributed by atoms with van der Waals surface area (Å²) in [6, 6.07) is 4.37. The van der Waals surface area contributed by atoms with Gasteiger partial charge in [-0.05, 0) is 36.1 Å². The molecule has 0 aromatic carbocycles. The van der Waals surface area contributed by atoms with Gasteiger partial charge in [0.15, 0.2) is 0 Å². The molecule has 2 nitrogen and oxygen atoms in total. The molecule has 1 unspecified atom stereocenters. The highest BCUT2D eigenvalue weighted by atomic mass is 32.1. The molecule has 0 spiro atoms. The van der Waals surface area contributed by atoms with Crippen LogP contribution >= 0.6 is 11.3 Å². The Hall–Kier alpha value is -0.380. The van der Waals surface area contributed by atoms with Crippen LogP contribution in [0.15, 0.2) is 17.5 Å². The van der Waals surface area contributed by atoms with Gasteiger partial charge in [-0.3, -0.25) is 0 Å². The van der Waals surface area contributed by atoms with Gasteiger partial charge in [-0.15, -0.1) is 11.3 Å². The van der Waals surface area contributed by atoms with Crippen molar-refractivity contribution in [1.82, 2.24) is 5.32 Å². The maximum Gasteiger partial charge on any atom is 0.0587 e. The minimum Gasteiger partial charge on any atom is -0.383 e. The molecule has 0 saturated heterocycles. The molecule has 1 heterocycles. The van der Waals surface area contributed by atoms with E-state index in [0.717, 1.165) is 19.7 Å². The van der Waals surface area contributed by atoms with Gasteiger partial charge in [0.05, 0.1) is 6.61 Å². The molecule has 0 amide bonds. The van der Waals surface area contributed by atoms with Crippen LogP contribution in [0.3, 0.4) is 0 Å². The van der Waals surface area contributed by atoms with Crippen LogP contribution < -0.4 is 5.32 Å². The first kappa shape index (κ1) is 14.7. The fourth-order valence-corrected chi connectivity index (χ4v) is 2.54. The van der Waals surface area contributed by atoms with Gasteiger partial charge in [-0.1, -0.05) is 19.9 Å². The summed E-state index contributed by atoms with van der Waals surface area (Å²) in [5.74, 6) is 0. The van der Waals surface area contributed by atoms with Gasteiger partial charge >= 0.3 is 0 Å². The lowest BCUT2D eigenvalue weighted by Crippen LogP contribution is -2.33. The number of aryl methyl sites for hydroxylation is 1. The van der Waals surface area contributed by atoms with Crippen LogP contribution in [-0.2, 0) is 11.2 Å². The van der Waals surface area contributed by atoms with Crippen LogP contribution in [0.25, 0.3) is 0 Å². The number of methoxy groups -OCH3 is 1. The quantitative estimate of drug-likeness (QED) is 0.683. The normalized spacial score (nSPS) is 14.8. The van der Waals surface area contributed by atoms with Crippen LogP contribution in [-0.4, -0.2) is 26.8 Å². The predicted molar refractivity (Wildman–Crippen MR) is 75.8 cm³/mol. The number of hydrogen-bond donors (Lipinski definition) is 1. The average Bonchev–Trinajstić information content (AvgIpc) is 2.85. The van der Waals surface area contributed by atoms with Crippen molar-refractivity contribution >= 4 is 11.3 Å². The Bertz CT molecular complexity index is 286. The minimum absolute atomic E-state index is 0.401. The van der Waals surface area contributed by atoms with Gasteiger partial charge in [0, 0.05) is 25.1 Å². The van der Waals surface area contributed by atoms with E-state index in [4.69, 9.17) is 4.74 Å². The van der Waals surface area contributed by atoms with E-state index in [1.54, 1.807) is 7.11 Å². The Morgan fingerprint density at radius 1 is 1.47 bits per heavy atom. The first-order valence-electron chi connectivity index (χ1n) is 6.42. The van der Waals surface area contributed by atoms with Crippen LogP contribution in [0.1, 0.15) is 31.6 Å². The van der Waals surface area contributed by atoms with Gasteiger partial charge < -0.3 is 10.1 Å². The molecule has 0 aliphatic heterocycles. The lowest BCUT2D eigenvalue weighted by Gasteiger charge is -2.28. The minimum atomic E-state index is 0.401. The Morgan fingerprint density at radius 2 is 2.29 bits per heavy atom. The summed E-state index contributed by atoms with van der Waals surface area (Å²) in [4.78, 5) is 1.50. The second-order valence-corrected chi connectivity index (χ2v) is 5.95. The van der Waals surface area contributed by atoms with Gasteiger partial charge in [0.25, 0.3) is 0 Å². The van der Waals surface area contributed by atoms with Crippen molar-refractivity contribution in [3.63, 3.8) is 0 Å². The summed E-state index contributed by atoms with van der Waals surface area (Å²) in [6.45, 7) is 7.49. The van der Waals surface area contributed by atoms with E-state index >= 15 is 0 Å². The second-order valence-electron chi connectivity index (χ2n) is 4.91. The Labute approximate surface area is 109 Å². The van der Waals surface area contributed by atoms with E-state index in [0.29, 0.717) is 5.41 Å². The van der Waals surface area contributed by atoms with Crippen molar-refractivity contribution in [2.45, 2.75) is 33.1 Å². The maximum absolute atomic E-state index is 5.05. The van der Waals surface area contributed by atoms with E-state index in [-0.39, 0.29) is 0 Å². The highest BCUT2D eigenvalue weighted by Crippen LogP contribution is 2.27. The molecule has 0 fully saturated rings. The molecular formula is C14H25NOS. The average molecular weight is 255 g/mol. The van der Waals surface area contributed by atoms with Crippen molar-refractivity contribution in [3.05, 3.63) is 22.4 Å². The molecule has 17 heavy (non-hydrogen) atoms. The molecule has 1 N–H and O–H groups in total. The first-order chi connectivity index (χ1) is 8.20. The lowest BCUT2D eigenvalue weighted by atomic mass is 9.82. The number of nitrogens with one attached hydrogen (secondary N) is 1. The number of rotatable bonds is 9. The first-order valence-corrected chi connectivity index (χ1v) is 7.30. The topological polar surface area (TPSA) is 21.3 Å². The fraction of sp³-hybridized carbons (Fsp3) is 0.714. The van der Waals surface area contributed by atoms with E-state index in [2.05, 4.69) is 36.7 Å². The zero-order valence-corrected chi connectivity index (χ0v) is 12.1. The standard InChI is InChI=1S/C14H25NOS/c1-4-14(2,12-15-9-10-16-3)8-7-13-6-5-11-17-13/h5-6,11,15H,4,7-10,12H2,1-3H3. The number of hydrogen-bond acceptors (Lipinski definition) is 3. The third-order valence-corrected chi connectivity index (χ3v) is 4.38. The van der Waals surface area contributed by atoms with Crippen molar-refractivity contribution in [1.29, 1.82) is 0 Å². The van der Waals surface area contributed by atoms with Gasteiger partial charge in [0.1, 0.15) is 0 Å². The number of ether oxygens (including phenoxy) is 1. The number of thiophene rings is 1. The predicted octanol–water partition coefficient (Wildman–Crippen LogP) is 3.33. The molecule has 1 atom stereocenters. The van der Waals surface area contributed by atoms with E-state index in [1.165, 1.54) is 24.1 Å². The summed E-state index contributed by atoms with van der Waals surface area (Å²) in [6.07, 6.45) is 3.68. The molecular weight excluding hydrogens is 230 g/mol. The zero-order valence-electron chi connectivity index (χ0n) is 11.3. The maximum atomic E-state index is 5.05. The van der Waals surface area contributed by atoms with Crippen LogP contribution in [0.5, 0.6) is 0 Å². The SMILES string of the molecule is CCC(C)(CCc1cccs1)CNCCOC. The smallest absolute Gasteiger partial charge is 0.0587 e. The van der Waals surface area contributed by atoms with Crippen LogP contribution in [0.4, 0.5) is 0 Å². The fourth-order valence-electron chi connectivity index (χ4n) is 1.83. The van der Waals surface area contributed by atoms with E-state index in [1.807, 2.05) is 11.3 Å². The van der Waals surface area contributed by atoms with Crippen molar-refractivity contribution in [2.24, 2.45) is 5.41 Å². The molecule has 1 aromatic rings. The molecule has 1 rings (SSSR count). The highest BCUT2D eigenvalue weighted by molar-refractivity contribution is 7.09. The summed E-state index contributed by atoms with van der Waals surface area (Å²) < 4.78 is 5.05. The largest absolute Gasteiger partial charge is 0.383 e. The van der Waals surface area contributed by atoms with Crippen LogP contribution in [0.2, 0.25) is 0 Å². The Balaban J connectivity index is 2.29. The van der Waals surface area contributed by atoms with Crippen molar-refractivity contribution in [3.8, 4) is 0 Å². The van der Waals surface area contributed by atoms with Gasteiger partial charge in [-0.2, -0.15) is 0 Å². The monoisotopic (exact) mass is 255 g/mol. The third kappa shape index (κ3) is 5.66. The Kier molecular flexibility index (Phi) is 6.78. The zero-order chi connectivity index (χ0) is 12.6. The molecule has 0 radical (unpaired) electrons. The summed E-state index contributed by atoms with van der Waals surface area (Å²) >= 11 is 1.87.